The van der Waals surface area contributed by atoms with Gasteiger partial charge in [0.1, 0.15) is 0 Å². The van der Waals surface area contributed by atoms with Crippen molar-refractivity contribution in [3.8, 4) is 0 Å². The van der Waals surface area contributed by atoms with Gasteiger partial charge in [-0.1, -0.05) is 18.2 Å². The molecule has 0 bridgehead atoms. The molecular formula is C16H15N3O2. The van der Waals surface area contributed by atoms with Crippen molar-refractivity contribution in [2.75, 3.05) is 5.32 Å². The molecule has 106 valence electrons. The first-order chi connectivity index (χ1) is 10.1. The van der Waals surface area contributed by atoms with Gasteiger partial charge in [-0.2, -0.15) is 0 Å². The number of amides is 2. The van der Waals surface area contributed by atoms with Crippen molar-refractivity contribution in [1.29, 1.82) is 0 Å². The van der Waals surface area contributed by atoms with Gasteiger partial charge in [0, 0.05) is 24.2 Å². The molecule has 3 N–H and O–H groups in total. The number of benzene rings is 1. The van der Waals surface area contributed by atoms with Gasteiger partial charge in [0.2, 0.25) is 11.8 Å². The molecule has 1 heterocycles. The molecule has 1 aromatic heterocycles. The average Bonchev–Trinajstić information content (AvgIpc) is 2.48. The quantitative estimate of drug-likeness (QED) is 0.819. The number of rotatable bonds is 5. The summed E-state index contributed by atoms with van der Waals surface area (Å²) in [6, 6.07) is 10.6. The highest BCUT2D eigenvalue weighted by molar-refractivity contribution is 6.01. The predicted molar refractivity (Wildman–Crippen MR) is 81.2 cm³/mol. The largest absolute Gasteiger partial charge is 0.369 e. The molecule has 5 heteroatoms. The normalized spacial score (nSPS) is 10.5. The third-order valence-electron chi connectivity index (χ3n) is 2.71. The highest BCUT2D eigenvalue weighted by Crippen LogP contribution is 2.10. The molecule has 2 amide bonds. The second kappa shape index (κ2) is 7.00. The Morgan fingerprint density at radius 3 is 2.57 bits per heavy atom. The van der Waals surface area contributed by atoms with Crippen molar-refractivity contribution in [3.63, 3.8) is 0 Å². The van der Waals surface area contributed by atoms with Crippen LogP contribution in [0.2, 0.25) is 0 Å². The number of pyridine rings is 1. The molecule has 0 aliphatic carbocycles. The van der Waals surface area contributed by atoms with E-state index < -0.39 is 0 Å². The Hall–Kier alpha value is -2.95. The Balaban J connectivity index is 1.93. The summed E-state index contributed by atoms with van der Waals surface area (Å²) in [5.41, 5.74) is 7.43. The van der Waals surface area contributed by atoms with E-state index >= 15 is 0 Å². The Morgan fingerprint density at radius 1 is 1.19 bits per heavy atom. The number of primary amides is 1. The van der Waals surface area contributed by atoms with Gasteiger partial charge >= 0.3 is 0 Å². The van der Waals surface area contributed by atoms with E-state index in [4.69, 9.17) is 5.73 Å². The molecular weight excluding hydrogens is 266 g/mol. The zero-order chi connectivity index (χ0) is 15.1. The lowest BCUT2D eigenvalue weighted by atomic mass is 10.1. The average molecular weight is 281 g/mol. The van der Waals surface area contributed by atoms with Crippen molar-refractivity contribution in [3.05, 3.63) is 66.0 Å². The number of nitrogens with zero attached hydrogens (tertiary/aromatic N) is 1. The van der Waals surface area contributed by atoms with Gasteiger partial charge in [0.15, 0.2) is 0 Å². The summed E-state index contributed by atoms with van der Waals surface area (Å²) < 4.78 is 0. The summed E-state index contributed by atoms with van der Waals surface area (Å²) in [5, 5.41) is 2.73. The highest BCUT2D eigenvalue weighted by Gasteiger charge is 2.00. The lowest BCUT2D eigenvalue weighted by Crippen LogP contribution is -2.13. The van der Waals surface area contributed by atoms with Crippen molar-refractivity contribution < 1.29 is 9.59 Å². The van der Waals surface area contributed by atoms with Gasteiger partial charge in [0.05, 0.1) is 6.42 Å². The Bertz CT molecular complexity index is 649. The molecule has 0 saturated heterocycles. The van der Waals surface area contributed by atoms with Gasteiger partial charge in [-0.05, 0) is 35.4 Å². The molecule has 0 radical (unpaired) electrons. The molecule has 1 aromatic carbocycles. The fourth-order valence-corrected chi connectivity index (χ4v) is 1.74. The van der Waals surface area contributed by atoms with E-state index in [0.29, 0.717) is 5.69 Å². The van der Waals surface area contributed by atoms with E-state index in [9.17, 15) is 9.59 Å². The Morgan fingerprint density at radius 2 is 1.95 bits per heavy atom. The number of anilines is 1. The second-order valence-electron chi connectivity index (χ2n) is 4.45. The maximum absolute atomic E-state index is 11.8. The van der Waals surface area contributed by atoms with Crippen LogP contribution in [0.5, 0.6) is 0 Å². The molecule has 0 atom stereocenters. The van der Waals surface area contributed by atoms with Crippen LogP contribution in [-0.2, 0) is 16.0 Å². The van der Waals surface area contributed by atoms with Crippen LogP contribution in [0, 0.1) is 0 Å². The van der Waals surface area contributed by atoms with Gasteiger partial charge in [-0.15, -0.1) is 0 Å². The van der Waals surface area contributed by atoms with Gasteiger partial charge in [-0.25, -0.2) is 0 Å². The fourth-order valence-electron chi connectivity index (χ4n) is 1.74. The van der Waals surface area contributed by atoms with E-state index in [0.717, 1.165) is 11.1 Å². The molecule has 0 aliphatic rings. The summed E-state index contributed by atoms with van der Waals surface area (Å²) in [5.74, 6) is -0.618. The van der Waals surface area contributed by atoms with Crippen LogP contribution in [0.1, 0.15) is 11.1 Å². The SMILES string of the molecule is NC(=O)Cc1ccc(NC(=O)/C=C/c2cccnc2)cc1. The van der Waals surface area contributed by atoms with E-state index in [1.54, 1.807) is 48.8 Å². The van der Waals surface area contributed by atoms with Crippen LogP contribution >= 0.6 is 0 Å². The van der Waals surface area contributed by atoms with Crippen LogP contribution in [0.3, 0.4) is 0 Å². The molecule has 0 aliphatic heterocycles. The number of carbonyl (C=O) groups excluding carboxylic acids is 2. The minimum absolute atomic E-state index is 0.190. The Labute approximate surface area is 122 Å². The molecule has 21 heavy (non-hydrogen) atoms. The third-order valence-corrected chi connectivity index (χ3v) is 2.71. The molecule has 2 rings (SSSR count). The summed E-state index contributed by atoms with van der Waals surface area (Å²) in [4.78, 5) is 26.5. The second-order valence-corrected chi connectivity index (χ2v) is 4.45. The molecule has 2 aromatic rings. The smallest absolute Gasteiger partial charge is 0.248 e. The standard InChI is InChI=1S/C16H15N3O2/c17-15(20)10-12-3-6-14(7-4-12)19-16(21)8-5-13-2-1-9-18-11-13/h1-9,11H,10H2,(H2,17,20)(H,19,21)/b8-5+. The molecule has 0 spiro atoms. The number of aromatic nitrogens is 1. The van der Waals surface area contributed by atoms with Gasteiger partial charge < -0.3 is 11.1 Å². The third kappa shape index (κ3) is 4.91. The summed E-state index contributed by atoms with van der Waals surface area (Å²) in [6.07, 6.45) is 6.65. The number of nitrogens with two attached hydrogens (primary N) is 1. The summed E-state index contributed by atoms with van der Waals surface area (Å²) >= 11 is 0. The minimum atomic E-state index is -0.383. The zero-order valence-corrected chi connectivity index (χ0v) is 11.3. The first-order valence-corrected chi connectivity index (χ1v) is 6.40. The lowest BCUT2D eigenvalue weighted by Gasteiger charge is -2.03. The number of hydrogen-bond acceptors (Lipinski definition) is 3. The molecule has 5 nitrogen and oxygen atoms in total. The van der Waals surface area contributed by atoms with E-state index in [1.807, 2.05) is 6.07 Å². The van der Waals surface area contributed by atoms with E-state index in [-0.39, 0.29) is 18.2 Å². The topological polar surface area (TPSA) is 85.1 Å². The minimum Gasteiger partial charge on any atom is -0.369 e. The molecule has 0 unspecified atom stereocenters. The van der Waals surface area contributed by atoms with Crippen molar-refractivity contribution >= 4 is 23.6 Å². The summed E-state index contributed by atoms with van der Waals surface area (Å²) in [7, 11) is 0. The van der Waals surface area contributed by atoms with Crippen molar-refractivity contribution in [2.45, 2.75) is 6.42 Å². The van der Waals surface area contributed by atoms with Crippen molar-refractivity contribution in [2.24, 2.45) is 5.73 Å². The van der Waals surface area contributed by atoms with Crippen LogP contribution in [0.4, 0.5) is 5.69 Å². The van der Waals surface area contributed by atoms with Crippen LogP contribution in [0.15, 0.2) is 54.9 Å². The van der Waals surface area contributed by atoms with Gasteiger partial charge in [-0.3, -0.25) is 14.6 Å². The zero-order valence-electron chi connectivity index (χ0n) is 11.3. The number of hydrogen-bond donors (Lipinski definition) is 2. The van der Waals surface area contributed by atoms with Crippen LogP contribution in [-0.4, -0.2) is 16.8 Å². The maximum Gasteiger partial charge on any atom is 0.248 e. The first-order valence-electron chi connectivity index (χ1n) is 6.40. The van der Waals surface area contributed by atoms with Crippen LogP contribution in [0.25, 0.3) is 6.08 Å². The van der Waals surface area contributed by atoms with E-state index in [2.05, 4.69) is 10.3 Å². The molecule has 0 saturated carbocycles. The maximum atomic E-state index is 11.8. The summed E-state index contributed by atoms with van der Waals surface area (Å²) in [6.45, 7) is 0. The number of carbonyl (C=O) groups is 2. The van der Waals surface area contributed by atoms with Crippen molar-refractivity contribution in [1.82, 2.24) is 4.98 Å². The molecule has 0 fully saturated rings. The van der Waals surface area contributed by atoms with E-state index in [1.165, 1.54) is 6.08 Å². The predicted octanol–water partition coefficient (Wildman–Crippen LogP) is 1.76. The first kappa shape index (κ1) is 14.5. The fraction of sp³-hybridized carbons (Fsp3) is 0.0625. The monoisotopic (exact) mass is 281 g/mol. The van der Waals surface area contributed by atoms with Crippen LogP contribution < -0.4 is 11.1 Å². The highest BCUT2D eigenvalue weighted by atomic mass is 16.1. The number of nitrogens with one attached hydrogen (secondary N) is 1. The van der Waals surface area contributed by atoms with Gasteiger partial charge in [0.25, 0.3) is 0 Å². The Kier molecular flexibility index (Phi) is 4.82. The lowest BCUT2D eigenvalue weighted by molar-refractivity contribution is -0.117.